The highest BCUT2D eigenvalue weighted by molar-refractivity contribution is 7.60. The SMILES string of the molecule is CCCCCCCCc1ccc(C(=O)Nc2cccc(P(=O)(O)O)c2)cc1. The summed E-state index contributed by atoms with van der Waals surface area (Å²) in [5.74, 6) is -0.302. The van der Waals surface area contributed by atoms with Gasteiger partial charge in [-0.05, 0) is 48.7 Å². The van der Waals surface area contributed by atoms with E-state index in [2.05, 4.69) is 12.2 Å². The molecular weight excluding hydrogens is 361 g/mol. The highest BCUT2D eigenvalue weighted by Crippen LogP contribution is 2.33. The van der Waals surface area contributed by atoms with Gasteiger partial charge in [0.25, 0.3) is 5.91 Å². The van der Waals surface area contributed by atoms with Gasteiger partial charge in [-0.1, -0.05) is 57.2 Å². The van der Waals surface area contributed by atoms with Gasteiger partial charge in [0.1, 0.15) is 0 Å². The Balaban J connectivity index is 1.87. The minimum absolute atomic E-state index is 0.116. The first-order valence-electron chi connectivity index (χ1n) is 9.46. The van der Waals surface area contributed by atoms with Crippen LogP contribution in [-0.2, 0) is 11.0 Å². The number of rotatable bonds is 10. The number of carbonyl (C=O) groups is 1. The molecule has 146 valence electrons. The average molecular weight is 389 g/mol. The maximum absolute atomic E-state index is 12.3. The van der Waals surface area contributed by atoms with E-state index in [-0.39, 0.29) is 11.2 Å². The van der Waals surface area contributed by atoms with Crippen LogP contribution in [0.2, 0.25) is 0 Å². The summed E-state index contributed by atoms with van der Waals surface area (Å²) in [5.41, 5.74) is 2.09. The van der Waals surface area contributed by atoms with Gasteiger partial charge in [-0.3, -0.25) is 9.36 Å². The number of carbonyl (C=O) groups excluding carboxylic acids is 1. The molecular formula is C21H28NO4P. The molecule has 0 aliphatic rings. The van der Waals surface area contributed by atoms with Crippen LogP contribution < -0.4 is 10.6 Å². The topological polar surface area (TPSA) is 86.6 Å². The molecule has 0 aromatic heterocycles. The van der Waals surface area contributed by atoms with Crippen LogP contribution in [0.3, 0.4) is 0 Å². The van der Waals surface area contributed by atoms with E-state index in [9.17, 15) is 19.1 Å². The summed E-state index contributed by atoms with van der Waals surface area (Å²) in [5, 5.41) is 2.56. The highest BCUT2D eigenvalue weighted by Gasteiger charge is 2.17. The predicted octanol–water partition coefficient (Wildman–Crippen LogP) is 4.64. The molecule has 0 heterocycles. The molecule has 2 aromatic rings. The fraction of sp³-hybridized carbons (Fsp3) is 0.381. The van der Waals surface area contributed by atoms with Crippen molar-refractivity contribution in [3.05, 3.63) is 59.7 Å². The second-order valence-electron chi connectivity index (χ2n) is 6.76. The van der Waals surface area contributed by atoms with Crippen LogP contribution in [-0.4, -0.2) is 15.7 Å². The van der Waals surface area contributed by atoms with E-state index < -0.39 is 7.60 Å². The first-order chi connectivity index (χ1) is 12.9. The number of hydrogen-bond donors (Lipinski definition) is 3. The number of nitrogens with one attached hydrogen (secondary N) is 1. The van der Waals surface area contributed by atoms with Gasteiger partial charge in [-0.25, -0.2) is 0 Å². The quantitative estimate of drug-likeness (QED) is 0.408. The third kappa shape index (κ3) is 7.30. The van der Waals surface area contributed by atoms with Gasteiger partial charge in [0, 0.05) is 11.3 Å². The smallest absolute Gasteiger partial charge is 0.322 e. The minimum atomic E-state index is -4.34. The highest BCUT2D eigenvalue weighted by atomic mass is 31.2. The van der Waals surface area contributed by atoms with Crippen molar-refractivity contribution in [3.8, 4) is 0 Å². The van der Waals surface area contributed by atoms with Crippen LogP contribution in [0, 0.1) is 0 Å². The lowest BCUT2D eigenvalue weighted by Crippen LogP contribution is -2.14. The summed E-state index contributed by atoms with van der Waals surface area (Å²) in [6.45, 7) is 2.21. The molecule has 1 amide bonds. The molecule has 0 atom stereocenters. The molecule has 3 N–H and O–H groups in total. The normalized spacial score (nSPS) is 11.4. The van der Waals surface area contributed by atoms with E-state index in [0.717, 1.165) is 12.8 Å². The molecule has 0 fully saturated rings. The maximum Gasteiger partial charge on any atom is 0.356 e. The lowest BCUT2D eigenvalue weighted by Gasteiger charge is -2.09. The zero-order chi connectivity index (χ0) is 19.7. The maximum atomic E-state index is 12.3. The number of aryl methyl sites for hydroxylation is 1. The van der Waals surface area contributed by atoms with Crippen molar-refractivity contribution in [2.75, 3.05) is 5.32 Å². The Labute approximate surface area is 161 Å². The fourth-order valence-electron chi connectivity index (χ4n) is 2.90. The average Bonchev–Trinajstić information content (AvgIpc) is 2.64. The Kier molecular flexibility index (Phi) is 8.23. The largest absolute Gasteiger partial charge is 0.356 e. The van der Waals surface area contributed by atoms with E-state index in [1.54, 1.807) is 18.2 Å². The van der Waals surface area contributed by atoms with Gasteiger partial charge in [-0.2, -0.15) is 0 Å². The van der Waals surface area contributed by atoms with E-state index in [0.29, 0.717) is 11.3 Å². The van der Waals surface area contributed by atoms with Gasteiger partial charge >= 0.3 is 7.60 Å². The molecule has 0 bridgehead atoms. The van der Waals surface area contributed by atoms with Crippen molar-refractivity contribution in [1.29, 1.82) is 0 Å². The molecule has 0 aliphatic carbocycles. The van der Waals surface area contributed by atoms with Crippen molar-refractivity contribution in [2.24, 2.45) is 0 Å². The lowest BCUT2D eigenvalue weighted by molar-refractivity contribution is 0.102. The zero-order valence-electron chi connectivity index (χ0n) is 15.7. The lowest BCUT2D eigenvalue weighted by atomic mass is 10.0. The van der Waals surface area contributed by atoms with Crippen LogP contribution in [0.5, 0.6) is 0 Å². The summed E-state index contributed by atoms with van der Waals surface area (Å²) in [4.78, 5) is 30.8. The number of benzene rings is 2. The van der Waals surface area contributed by atoms with E-state index in [1.165, 1.54) is 55.9 Å². The van der Waals surface area contributed by atoms with Gasteiger partial charge < -0.3 is 15.1 Å². The van der Waals surface area contributed by atoms with Crippen LogP contribution >= 0.6 is 7.60 Å². The number of unbranched alkanes of at least 4 members (excludes halogenated alkanes) is 5. The van der Waals surface area contributed by atoms with Crippen LogP contribution in [0.4, 0.5) is 5.69 Å². The van der Waals surface area contributed by atoms with Crippen molar-refractivity contribution >= 4 is 24.5 Å². The number of hydrogen-bond acceptors (Lipinski definition) is 2. The molecule has 2 rings (SSSR count). The molecule has 27 heavy (non-hydrogen) atoms. The van der Waals surface area contributed by atoms with Gasteiger partial charge in [0.05, 0.1) is 5.30 Å². The van der Waals surface area contributed by atoms with E-state index in [1.807, 2.05) is 12.1 Å². The zero-order valence-corrected chi connectivity index (χ0v) is 16.6. The predicted molar refractivity (Wildman–Crippen MR) is 110 cm³/mol. The summed E-state index contributed by atoms with van der Waals surface area (Å²) >= 11 is 0. The first kappa shape index (κ1) is 21.4. The molecule has 0 radical (unpaired) electrons. The monoisotopic (exact) mass is 389 g/mol. The Morgan fingerprint density at radius 2 is 1.63 bits per heavy atom. The third-order valence-corrected chi connectivity index (χ3v) is 5.43. The molecule has 5 nitrogen and oxygen atoms in total. The molecule has 0 aliphatic heterocycles. The van der Waals surface area contributed by atoms with Crippen molar-refractivity contribution < 1.29 is 19.1 Å². The summed E-state index contributed by atoms with van der Waals surface area (Å²) in [6, 6.07) is 13.2. The van der Waals surface area contributed by atoms with Crippen molar-refractivity contribution in [3.63, 3.8) is 0 Å². The van der Waals surface area contributed by atoms with Crippen LogP contribution in [0.25, 0.3) is 0 Å². The third-order valence-electron chi connectivity index (χ3n) is 4.48. The minimum Gasteiger partial charge on any atom is -0.322 e. The Hall–Kier alpha value is -1.94. The van der Waals surface area contributed by atoms with E-state index >= 15 is 0 Å². The molecule has 0 unspecified atom stereocenters. The second-order valence-corrected chi connectivity index (χ2v) is 8.37. The van der Waals surface area contributed by atoms with E-state index in [4.69, 9.17) is 0 Å². The Morgan fingerprint density at radius 1 is 0.963 bits per heavy atom. The standard InChI is InChI=1S/C21H28NO4P/c1-2-3-4-5-6-7-9-17-12-14-18(15-13-17)21(23)22-19-10-8-11-20(16-19)27(24,25)26/h8,10-16H,2-7,9H2,1H3,(H,22,23)(H2,24,25,26). The second kappa shape index (κ2) is 10.4. The Morgan fingerprint density at radius 3 is 2.30 bits per heavy atom. The molecule has 0 saturated carbocycles. The molecule has 2 aromatic carbocycles. The molecule has 0 spiro atoms. The summed E-state index contributed by atoms with van der Waals surface area (Å²) < 4.78 is 11.3. The fourth-order valence-corrected chi connectivity index (χ4v) is 3.49. The first-order valence-corrected chi connectivity index (χ1v) is 11.1. The molecule has 6 heteroatoms. The van der Waals surface area contributed by atoms with Gasteiger partial charge in [-0.15, -0.1) is 0 Å². The van der Waals surface area contributed by atoms with Gasteiger partial charge in [0.15, 0.2) is 0 Å². The van der Waals surface area contributed by atoms with Gasteiger partial charge in [0.2, 0.25) is 0 Å². The summed E-state index contributed by atoms with van der Waals surface area (Å²) in [7, 11) is -4.34. The number of anilines is 1. The van der Waals surface area contributed by atoms with Crippen molar-refractivity contribution in [2.45, 2.75) is 51.9 Å². The van der Waals surface area contributed by atoms with Crippen LogP contribution in [0.1, 0.15) is 61.4 Å². The number of amides is 1. The van der Waals surface area contributed by atoms with Crippen molar-refractivity contribution in [1.82, 2.24) is 0 Å². The molecule has 0 saturated heterocycles. The Bertz CT molecular complexity index is 783. The van der Waals surface area contributed by atoms with Crippen LogP contribution in [0.15, 0.2) is 48.5 Å². The summed E-state index contributed by atoms with van der Waals surface area (Å²) in [6.07, 6.45) is 8.55.